The van der Waals surface area contributed by atoms with Crippen molar-refractivity contribution >= 4 is 17.9 Å². The molecule has 454 valence electrons. The van der Waals surface area contributed by atoms with Crippen molar-refractivity contribution in [1.82, 2.24) is 0 Å². The molecule has 0 spiro atoms. The fraction of sp³-hybridized carbons (Fsp3) is 0.901. The van der Waals surface area contributed by atoms with Crippen molar-refractivity contribution in [3.05, 3.63) is 24.3 Å². The summed E-state index contributed by atoms with van der Waals surface area (Å²) < 4.78 is 17.0. The first-order chi connectivity index (χ1) is 38.0. The average molecular weight is 1080 g/mol. The Labute approximate surface area is 481 Å². The van der Waals surface area contributed by atoms with Gasteiger partial charge in [-0.2, -0.15) is 0 Å². The summed E-state index contributed by atoms with van der Waals surface area (Å²) in [6, 6.07) is 0. The summed E-state index contributed by atoms with van der Waals surface area (Å²) in [4.78, 5) is 38.4. The van der Waals surface area contributed by atoms with Crippen LogP contribution in [-0.4, -0.2) is 37.2 Å². The second-order valence-corrected chi connectivity index (χ2v) is 23.8. The van der Waals surface area contributed by atoms with Gasteiger partial charge in [-0.3, -0.25) is 14.4 Å². The topological polar surface area (TPSA) is 78.9 Å². The largest absolute Gasteiger partial charge is 0.462 e. The molecule has 77 heavy (non-hydrogen) atoms. The molecule has 0 heterocycles. The number of carbonyl (C=O) groups excluding carboxylic acids is 3. The van der Waals surface area contributed by atoms with Crippen molar-refractivity contribution < 1.29 is 28.6 Å². The number of carbonyl (C=O) groups is 3. The molecule has 0 N–H and O–H groups in total. The Balaban J connectivity index is 4.31. The highest BCUT2D eigenvalue weighted by Gasteiger charge is 2.19. The lowest BCUT2D eigenvalue weighted by molar-refractivity contribution is -0.167. The predicted molar refractivity (Wildman–Crippen MR) is 335 cm³/mol. The summed E-state index contributed by atoms with van der Waals surface area (Å²) in [5.74, 6) is -0.839. The molecular weight excluding hydrogens is 949 g/mol. The molecule has 0 fully saturated rings. The Morgan fingerprint density at radius 2 is 0.429 bits per heavy atom. The summed E-state index contributed by atoms with van der Waals surface area (Å²) in [6.45, 7) is 6.72. The van der Waals surface area contributed by atoms with Crippen LogP contribution in [0.25, 0.3) is 0 Å². The summed E-state index contributed by atoms with van der Waals surface area (Å²) in [5, 5.41) is 0. The maximum Gasteiger partial charge on any atom is 0.306 e. The number of rotatable bonds is 65. The molecule has 0 aromatic carbocycles. The number of hydrogen-bond acceptors (Lipinski definition) is 6. The summed E-state index contributed by atoms with van der Waals surface area (Å²) in [6.07, 6.45) is 80.5. The first kappa shape index (κ1) is 74.9. The summed E-state index contributed by atoms with van der Waals surface area (Å²) in [5.41, 5.74) is 0. The maximum atomic E-state index is 12.9. The first-order valence-electron chi connectivity index (χ1n) is 34.8. The zero-order chi connectivity index (χ0) is 55.7. The van der Waals surface area contributed by atoms with E-state index in [9.17, 15) is 14.4 Å². The molecule has 0 bridgehead atoms. The Hall–Kier alpha value is -2.11. The molecule has 6 heteroatoms. The zero-order valence-electron chi connectivity index (χ0n) is 52.3. The summed E-state index contributed by atoms with van der Waals surface area (Å²) in [7, 11) is 0. The van der Waals surface area contributed by atoms with E-state index in [-0.39, 0.29) is 31.1 Å². The zero-order valence-corrected chi connectivity index (χ0v) is 52.3. The second kappa shape index (κ2) is 66.4. The molecule has 0 aliphatic rings. The molecule has 0 aliphatic carbocycles. The lowest BCUT2D eigenvalue weighted by Gasteiger charge is -2.18. The van der Waals surface area contributed by atoms with Gasteiger partial charge in [0.1, 0.15) is 13.2 Å². The van der Waals surface area contributed by atoms with Gasteiger partial charge in [-0.15, -0.1) is 0 Å². The maximum absolute atomic E-state index is 12.9. The highest BCUT2D eigenvalue weighted by molar-refractivity contribution is 5.71. The van der Waals surface area contributed by atoms with Gasteiger partial charge in [0.25, 0.3) is 0 Å². The fourth-order valence-electron chi connectivity index (χ4n) is 10.7. The van der Waals surface area contributed by atoms with E-state index in [4.69, 9.17) is 14.2 Å². The quantitative estimate of drug-likeness (QED) is 0.0261. The Morgan fingerprint density at radius 1 is 0.247 bits per heavy atom. The Morgan fingerprint density at radius 3 is 0.649 bits per heavy atom. The molecular formula is C71H134O6. The molecule has 0 aromatic heterocycles. The van der Waals surface area contributed by atoms with Crippen molar-refractivity contribution in [2.75, 3.05) is 13.2 Å². The van der Waals surface area contributed by atoms with Crippen LogP contribution in [0.1, 0.15) is 393 Å². The fourth-order valence-corrected chi connectivity index (χ4v) is 10.7. The third-order valence-corrected chi connectivity index (χ3v) is 15.9. The minimum atomic E-state index is -0.771. The van der Waals surface area contributed by atoms with Crippen LogP contribution in [0.4, 0.5) is 0 Å². The van der Waals surface area contributed by atoms with Gasteiger partial charge in [0.15, 0.2) is 6.10 Å². The molecule has 0 saturated carbocycles. The number of ether oxygens (including phenoxy) is 3. The van der Waals surface area contributed by atoms with E-state index in [1.807, 2.05) is 0 Å². The van der Waals surface area contributed by atoms with Crippen molar-refractivity contribution in [2.24, 2.45) is 0 Å². The van der Waals surface area contributed by atoms with Gasteiger partial charge >= 0.3 is 17.9 Å². The number of esters is 3. The van der Waals surface area contributed by atoms with E-state index in [1.54, 1.807) is 0 Å². The average Bonchev–Trinajstić information content (AvgIpc) is 3.43. The van der Waals surface area contributed by atoms with E-state index < -0.39 is 6.10 Å². The van der Waals surface area contributed by atoms with Crippen LogP contribution < -0.4 is 0 Å². The lowest BCUT2D eigenvalue weighted by Crippen LogP contribution is -2.30. The van der Waals surface area contributed by atoms with Crippen LogP contribution >= 0.6 is 0 Å². The SMILES string of the molecule is CCCCCCCC/C=C\CCCCCCCCCCCC(=O)OC(COC(=O)CCCCCCCCCCC/C=C\CCCCCCCCCC)COC(=O)CCCCCCCCCCCCCCCCCCCCC. The monoisotopic (exact) mass is 1080 g/mol. The van der Waals surface area contributed by atoms with Crippen molar-refractivity contribution in [1.29, 1.82) is 0 Å². The number of allylic oxidation sites excluding steroid dienone is 4. The van der Waals surface area contributed by atoms with Crippen molar-refractivity contribution in [2.45, 2.75) is 399 Å². The molecule has 0 saturated heterocycles. The summed E-state index contributed by atoms with van der Waals surface area (Å²) >= 11 is 0. The van der Waals surface area contributed by atoms with Crippen LogP contribution in [-0.2, 0) is 28.6 Å². The van der Waals surface area contributed by atoms with Gasteiger partial charge in [0.2, 0.25) is 0 Å². The van der Waals surface area contributed by atoms with Crippen LogP contribution in [0, 0.1) is 0 Å². The molecule has 0 amide bonds. The molecule has 0 aromatic rings. The second-order valence-electron chi connectivity index (χ2n) is 23.8. The predicted octanol–water partition coefficient (Wildman–Crippen LogP) is 23.8. The standard InChI is InChI=1S/C71H134O6/c1-4-7-10-13-16-19-22-25-28-31-34-35-38-40-43-46-49-52-55-58-61-64-70(73)76-67-68(77-71(74)65-62-59-56-53-50-47-44-41-37-33-30-27-24-21-18-15-12-9-6-3)66-75-69(72)63-60-57-54-51-48-45-42-39-36-32-29-26-23-20-17-14-11-8-5-2/h27,30-31,34,68H,4-26,28-29,32-33,35-67H2,1-3H3/b30-27-,34-31-. The van der Waals surface area contributed by atoms with Gasteiger partial charge in [-0.25, -0.2) is 0 Å². The third kappa shape index (κ3) is 64.6. The highest BCUT2D eigenvalue weighted by Crippen LogP contribution is 2.18. The minimum absolute atomic E-state index is 0.0669. The van der Waals surface area contributed by atoms with Gasteiger partial charge < -0.3 is 14.2 Å². The highest BCUT2D eigenvalue weighted by atomic mass is 16.6. The normalized spacial score (nSPS) is 12.1. The molecule has 0 aliphatic heterocycles. The lowest BCUT2D eigenvalue weighted by atomic mass is 10.0. The van der Waals surface area contributed by atoms with Crippen molar-refractivity contribution in [3.8, 4) is 0 Å². The third-order valence-electron chi connectivity index (χ3n) is 15.9. The van der Waals surface area contributed by atoms with Crippen LogP contribution in [0.15, 0.2) is 24.3 Å². The minimum Gasteiger partial charge on any atom is -0.462 e. The van der Waals surface area contributed by atoms with E-state index in [0.717, 1.165) is 57.8 Å². The first-order valence-corrected chi connectivity index (χ1v) is 34.8. The number of hydrogen-bond donors (Lipinski definition) is 0. The van der Waals surface area contributed by atoms with Gasteiger partial charge in [-0.1, -0.05) is 328 Å². The molecule has 0 radical (unpaired) electrons. The molecule has 1 atom stereocenters. The van der Waals surface area contributed by atoms with Crippen LogP contribution in [0.5, 0.6) is 0 Å². The van der Waals surface area contributed by atoms with E-state index in [2.05, 4.69) is 45.1 Å². The smallest absolute Gasteiger partial charge is 0.306 e. The van der Waals surface area contributed by atoms with Crippen LogP contribution in [0.2, 0.25) is 0 Å². The number of unbranched alkanes of at least 4 members (excludes halogenated alkanes) is 50. The van der Waals surface area contributed by atoms with Gasteiger partial charge in [0.05, 0.1) is 0 Å². The molecule has 6 nitrogen and oxygen atoms in total. The van der Waals surface area contributed by atoms with E-state index in [1.165, 1.54) is 295 Å². The van der Waals surface area contributed by atoms with E-state index >= 15 is 0 Å². The van der Waals surface area contributed by atoms with Gasteiger partial charge in [-0.05, 0) is 70.6 Å². The Kier molecular flexibility index (Phi) is 64.6. The van der Waals surface area contributed by atoms with Gasteiger partial charge in [0, 0.05) is 19.3 Å². The Bertz CT molecular complexity index is 1240. The molecule has 0 rings (SSSR count). The van der Waals surface area contributed by atoms with E-state index in [0.29, 0.717) is 19.3 Å². The molecule has 1 unspecified atom stereocenters. The van der Waals surface area contributed by atoms with Crippen LogP contribution in [0.3, 0.4) is 0 Å². The van der Waals surface area contributed by atoms with Crippen molar-refractivity contribution in [3.63, 3.8) is 0 Å².